The van der Waals surface area contributed by atoms with Crippen LogP contribution in [-0.2, 0) is 0 Å². The summed E-state index contributed by atoms with van der Waals surface area (Å²) in [5.41, 5.74) is 3.35. The van der Waals surface area contributed by atoms with Gasteiger partial charge in [-0.15, -0.1) is 0 Å². The van der Waals surface area contributed by atoms with Gasteiger partial charge in [0.1, 0.15) is 11.3 Å². The van der Waals surface area contributed by atoms with Crippen LogP contribution in [0.1, 0.15) is 11.1 Å². The SMILES string of the molecule is CNc1nc2c(OC)c(C)cc(C)c2s1. The molecule has 4 heteroatoms. The van der Waals surface area contributed by atoms with Gasteiger partial charge in [-0.05, 0) is 25.0 Å². The molecule has 2 aromatic rings. The van der Waals surface area contributed by atoms with Gasteiger partial charge in [0.15, 0.2) is 5.13 Å². The molecule has 0 spiro atoms. The molecule has 0 aliphatic rings. The standard InChI is InChI=1S/C11H14N2OS/c1-6-5-7(2)10-8(9(6)14-4)13-11(12-3)15-10/h5H,1-4H3,(H,12,13). The van der Waals surface area contributed by atoms with Crippen molar-refractivity contribution in [2.75, 3.05) is 19.5 Å². The van der Waals surface area contributed by atoms with Crippen molar-refractivity contribution >= 4 is 26.7 Å². The number of nitrogens with one attached hydrogen (secondary N) is 1. The molecular weight excluding hydrogens is 208 g/mol. The van der Waals surface area contributed by atoms with Gasteiger partial charge < -0.3 is 10.1 Å². The minimum Gasteiger partial charge on any atom is -0.494 e. The lowest BCUT2D eigenvalue weighted by molar-refractivity contribution is 0.416. The molecule has 0 saturated carbocycles. The van der Waals surface area contributed by atoms with Crippen LogP contribution in [0.15, 0.2) is 6.07 Å². The van der Waals surface area contributed by atoms with Crippen LogP contribution in [0.2, 0.25) is 0 Å². The van der Waals surface area contributed by atoms with Gasteiger partial charge in [-0.25, -0.2) is 4.98 Å². The molecule has 0 radical (unpaired) electrons. The monoisotopic (exact) mass is 222 g/mol. The van der Waals surface area contributed by atoms with Crippen molar-refractivity contribution in [3.05, 3.63) is 17.2 Å². The second-order valence-electron chi connectivity index (χ2n) is 3.49. The van der Waals surface area contributed by atoms with E-state index in [0.717, 1.165) is 22.0 Å². The maximum atomic E-state index is 5.39. The number of anilines is 1. The van der Waals surface area contributed by atoms with Crippen LogP contribution in [0.25, 0.3) is 10.2 Å². The minimum atomic E-state index is 0.883. The fraction of sp³-hybridized carbons (Fsp3) is 0.364. The smallest absolute Gasteiger partial charge is 0.183 e. The molecule has 3 nitrogen and oxygen atoms in total. The number of fused-ring (bicyclic) bond motifs is 1. The summed E-state index contributed by atoms with van der Waals surface area (Å²) in [6.07, 6.45) is 0. The third kappa shape index (κ3) is 1.55. The number of aromatic nitrogens is 1. The Morgan fingerprint density at radius 3 is 2.67 bits per heavy atom. The van der Waals surface area contributed by atoms with Crippen molar-refractivity contribution in [1.29, 1.82) is 0 Å². The molecule has 2 rings (SSSR count). The Hall–Kier alpha value is -1.29. The molecule has 0 unspecified atom stereocenters. The van der Waals surface area contributed by atoms with Gasteiger partial charge in [0.25, 0.3) is 0 Å². The summed E-state index contributed by atoms with van der Waals surface area (Å²) in [7, 11) is 3.57. The van der Waals surface area contributed by atoms with E-state index in [1.807, 2.05) is 14.0 Å². The summed E-state index contributed by atoms with van der Waals surface area (Å²) in [5.74, 6) is 0.883. The third-order valence-electron chi connectivity index (χ3n) is 2.41. The van der Waals surface area contributed by atoms with Gasteiger partial charge in [-0.3, -0.25) is 0 Å². The zero-order chi connectivity index (χ0) is 11.0. The zero-order valence-electron chi connectivity index (χ0n) is 9.34. The van der Waals surface area contributed by atoms with Crippen LogP contribution in [-0.4, -0.2) is 19.1 Å². The molecule has 1 aromatic heterocycles. The number of hydrogen-bond donors (Lipinski definition) is 1. The van der Waals surface area contributed by atoms with E-state index < -0.39 is 0 Å². The number of aryl methyl sites for hydroxylation is 2. The molecule has 15 heavy (non-hydrogen) atoms. The number of hydrogen-bond acceptors (Lipinski definition) is 4. The Morgan fingerprint density at radius 2 is 2.07 bits per heavy atom. The Bertz CT molecular complexity index is 505. The highest BCUT2D eigenvalue weighted by atomic mass is 32.1. The molecule has 0 fully saturated rings. The lowest BCUT2D eigenvalue weighted by Gasteiger charge is -2.06. The maximum Gasteiger partial charge on any atom is 0.183 e. The number of rotatable bonds is 2. The zero-order valence-corrected chi connectivity index (χ0v) is 10.2. The van der Waals surface area contributed by atoms with E-state index in [-0.39, 0.29) is 0 Å². The summed E-state index contributed by atoms with van der Waals surface area (Å²) in [6.45, 7) is 4.15. The highest BCUT2D eigenvalue weighted by Crippen LogP contribution is 2.36. The number of benzene rings is 1. The van der Waals surface area contributed by atoms with Gasteiger partial charge >= 0.3 is 0 Å². The van der Waals surface area contributed by atoms with Crippen molar-refractivity contribution < 1.29 is 4.74 Å². The molecule has 0 atom stereocenters. The van der Waals surface area contributed by atoms with Crippen molar-refractivity contribution in [2.24, 2.45) is 0 Å². The van der Waals surface area contributed by atoms with Gasteiger partial charge in [0, 0.05) is 7.05 Å². The van der Waals surface area contributed by atoms with E-state index in [1.165, 1.54) is 10.3 Å². The quantitative estimate of drug-likeness (QED) is 0.848. The highest BCUT2D eigenvalue weighted by molar-refractivity contribution is 7.22. The Balaban J connectivity index is 2.81. The molecule has 0 bridgehead atoms. The van der Waals surface area contributed by atoms with Crippen molar-refractivity contribution in [2.45, 2.75) is 13.8 Å². The van der Waals surface area contributed by atoms with E-state index in [4.69, 9.17) is 4.74 Å². The van der Waals surface area contributed by atoms with Gasteiger partial charge in [-0.1, -0.05) is 17.4 Å². The lowest BCUT2D eigenvalue weighted by Crippen LogP contribution is -1.90. The largest absolute Gasteiger partial charge is 0.494 e. The minimum absolute atomic E-state index is 0.883. The molecule has 80 valence electrons. The van der Waals surface area contributed by atoms with E-state index >= 15 is 0 Å². The maximum absolute atomic E-state index is 5.39. The summed E-state index contributed by atoms with van der Waals surface area (Å²) in [5, 5.41) is 3.99. The second kappa shape index (κ2) is 3.70. The molecule has 0 aliphatic carbocycles. The average Bonchev–Trinajstić information content (AvgIpc) is 2.62. The molecule has 0 aliphatic heterocycles. The van der Waals surface area contributed by atoms with Crippen LogP contribution < -0.4 is 10.1 Å². The summed E-state index contributed by atoms with van der Waals surface area (Å²) < 4.78 is 6.58. The predicted molar refractivity (Wildman–Crippen MR) is 65.2 cm³/mol. The first-order valence-corrected chi connectivity index (χ1v) is 5.61. The average molecular weight is 222 g/mol. The van der Waals surface area contributed by atoms with Gasteiger partial charge in [0.05, 0.1) is 11.8 Å². The van der Waals surface area contributed by atoms with E-state index in [9.17, 15) is 0 Å². The number of ether oxygens (including phenoxy) is 1. The van der Waals surface area contributed by atoms with E-state index in [2.05, 4.69) is 23.3 Å². The Labute approximate surface area is 93.1 Å². The van der Waals surface area contributed by atoms with E-state index in [1.54, 1.807) is 18.4 Å². The summed E-state index contributed by atoms with van der Waals surface area (Å²) >= 11 is 1.66. The van der Waals surface area contributed by atoms with E-state index in [0.29, 0.717) is 0 Å². The molecule has 1 heterocycles. The molecule has 0 amide bonds. The van der Waals surface area contributed by atoms with Crippen LogP contribution >= 0.6 is 11.3 Å². The second-order valence-corrected chi connectivity index (χ2v) is 4.49. The first kappa shape index (κ1) is 10.2. The van der Waals surface area contributed by atoms with Gasteiger partial charge in [0.2, 0.25) is 0 Å². The van der Waals surface area contributed by atoms with Crippen molar-refractivity contribution in [3.8, 4) is 5.75 Å². The Morgan fingerprint density at radius 1 is 1.33 bits per heavy atom. The summed E-state index contributed by atoms with van der Waals surface area (Å²) in [4.78, 5) is 4.51. The third-order valence-corrected chi connectivity index (χ3v) is 3.62. The van der Waals surface area contributed by atoms with Crippen LogP contribution in [0.4, 0.5) is 5.13 Å². The molecular formula is C11H14N2OS. The van der Waals surface area contributed by atoms with Crippen LogP contribution in [0.5, 0.6) is 5.75 Å². The first-order valence-electron chi connectivity index (χ1n) is 4.80. The van der Waals surface area contributed by atoms with Crippen LogP contribution in [0, 0.1) is 13.8 Å². The fourth-order valence-electron chi connectivity index (χ4n) is 1.75. The van der Waals surface area contributed by atoms with Crippen LogP contribution in [0.3, 0.4) is 0 Å². The highest BCUT2D eigenvalue weighted by Gasteiger charge is 2.12. The topological polar surface area (TPSA) is 34.2 Å². The van der Waals surface area contributed by atoms with Crippen molar-refractivity contribution in [1.82, 2.24) is 4.98 Å². The predicted octanol–water partition coefficient (Wildman–Crippen LogP) is 2.96. The number of methoxy groups -OCH3 is 1. The van der Waals surface area contributed by atoms with Crippen molar-refractivity contribution in [3.63, 3.8) is 0 Å². The number of thiazole rings is 1. The number of nitrogens with zero attached hydrogens (tertiary/aromatic N) is 1. The van der Waals surface area contributed by atoms with Gasteiger partial charge in [-0.2, -0.15) is 0 Å². The Kier molecular flexibility index (Phi) is 2.52. The lowest BCUT2D eigenvalue weighted by atomic mass is 10.1. The normalized spacial score (nSPS) is 10.7. The molecule has 0 saturated heterocycles. The fourth-order valence-corrected chi connectivity index (χ4v) is 2.64. The first-order chi connectivity index (χ1) is 7.17. The summed E-state index contributed by atoms with van der Waals surface area (Å²) in [6, 6.07) is 2.14. The molecule has 1 aromatic carbocycles. The molecule has 1 N–H and O–H groups in total.